The molecule has 4 nitrogen and oxygen atoms in total. The van der Waals surface area contributed by atoms with Crippen LogP contribution >= 0.6 is 0 Å². The van der Waals surface area contributed by atoms with Crippen molar-refractivity contribution in [3.8, 4) is 0 Å². The second-order valence-electron chi connectivity index (χ2n) is 2.87. The first kappa shape index (κ1) is 6.54. The molecule has 10 heavy (non-hydrogen) atoms. The Balaban J connectivity index is 2.13. The van der Waals surface area contributed by atoms with Crippen LogP contribution in [0.15, 0.2) is 0 Å². The fourth-order valence-corrected chi connectivity index (χ4v) is 1.51. The molecule has 0 spiro atoms. The van der Waals surface area contributed by atoms with Crippen LogP contribution in [0.25, 0.3) is 0 Å². The van der Waals surface area contributed by atoms with Crippen molar-refractivity contribution in [2.75, 3.05) is 13.2 Å². The van der Waals surface area contributed by atoms with Gasteiger partial charge in [-0.25, -0.2) is 0 Å². The van der Waals surface area contributed by atoms with Crippen molar-refractivity contribution in [3.63, 3.8) is 0 Å². The van der Waals surface area contributed by atoms with Crippen molar-refractivity contribution in [2.24, 2.45) is 0 Å². The van der Waals surface area contributed by atoms with Gasteiger partial charge in [-0.3, -0.25) is 0 Å². The molecule has 0 radical (unpaired) electrons. The third-order valence-electron chi connectivity index (χ3n) is 2.21. The van der Waals surface area contributed by atoms with Crippen molar-refractivity contribution >= 4 is 0 Å². The molecule has 0 amide bonds. The number of nitrogens with one attached hydrogen (secondary N) is 1. The molecule has 3 aliphatic heterocycles. The van der Waals surface area contributed by atoms with E-state index in [4.69, 9.17) is 4.74 Å². The number of hydrogen-bond acceptors (Lipinski definition) is 4. The van der Waals surface area contributed by atoms with E-state index in [9.17, 15) is 10.2 Å². The van der Waals surface area contributed by atoms with Crippen LogP contribution in [0.3, 0.4) is 0 Å². The lowest BCUT2D eigenvalue weighted by molar-refractivity contribution is -0.175. The van der Waals surface area contributed by atoms with Gasteiger partial charge in [0.15, 0.2) is 0 Å². The Kier molecular flexibility index (Phi) is 1.42. The van der Waals surface area contributed by atoms with Crippen molar-refractivity contribution in [2.45, 2.75) is 24.4 Å². The monoisotopic (exact) mass is 145 g/mol. The van der Waals surface area contributed by atoms with Crippen LogP contribution in [0.4, 0.5) is 0 Å². The van der Waals surface area contributed by atoms with Gasteiger partial charge in [-0.1, -0.05) is 0 Å². The van der Waals surface area contributed by atoms with Crippen LogP contribution in [-0.2, 0) is 4.74 Å². The highest BCUT2D eigenvalue weighted by Gasteiger charge is 2.42. The van der Waals surface area contributed by atoms with E-state index in [0.717, 1.165) is 0 Å². The predicted octanol–water partition coefficient (Wildman–Crippen LogP) is -1.92. The van der Waals surface area contributed by atoms with Gasteiger partial charge in [-0.2, -0.15) is 0 Å². The number of aliphatic hydroxyl groups is 2. The Hall–Kier alpha value is -0.160. The lowest BCUT2D eigenvalue weighted by Crippen LogP contribution is -2.66. The molecule has 3 N–H and O–H groups in total. The molecule has 2 bridgehead atoms. The van der Waals surface area contributed by atoms with Gasteiger partial charge in [0.1, 0.15) is 6.10 Å². The van der Waals surface area contributed by atoms with Crippen LogP contribution in [0.5, 0.6) is 0 Å². The molecule has 0 aromatic carbocycles. The maximum Gasteiger partial charge on any atom is 0.109 e. The van der Waals surface area contributed by atoms with Crippen molar-refractivity contribution in [1.29, 1.82) is 0 Å². The summed E-state index contributed by atoms with van der Waals surface area (Å²) in [7, 11) is 0. The minimum Gasteiger partial charge on any atom is -0.389 e. The molecule has 0 aromatic heterocycles. The van der Waals surface area contributed by atoms with Gasteiger partial charge in [0, 0.05) is 6.54 Å². The number of ether oxygens (including phenoxy) is 1. The average Bonchev–Trinajstić information content (AvgIpc) is 2.00. The molecular weight excluding hydrogens is 134 g/mol. The Bertz CT molecular complexity index is 113. The maximum absolute atomic E-state index is 9.28. The number of hydrogen-bond donors (Lipinski definition) is 3. The van der Waals surface area contributed by atoms with Crippen molar-refractivity contribution in [1.82, 2.24) is 5.32 Å². The summed E-state index contributed by atoms with van der Waals surface area (Å²) in [6.45, 7) is 1.17. The lowest BCUT2D eigenvalue weighted by atomic mass is 9.93. The van der Waals surface area contributed by atoms with Gasteiger partial charge >= 0.3 is 0 Å². The highest BCUT2D eigenvalue weighted by atomic mass is 16.5. The molecule has 3 heterocycles. The Morgan fingerprint density at radius 1 is 1.30 bits per heavy atom. The quantitative estimate of drug-likeness (QED) is 0.372. The van der Waals surface area contributed by atoms with Crippen LogP contribution in [0.2, 0.25) is 0 Å². The molecule has 0 aliphatic carbocycles. The van der Waals surface area contributed by atoms with E-state index in [1.807, 2.05) is 0 Å². The van der Waals surface area contributed by atoms with E-state index < -0.39 is 12.2 Å². The summed E-state index contributed by atoms with van der Waals surface area (Å²) >= 11 is 0. The average molecular weight is 145 g/mol. The van der Waals surface area contributed by atoms with E-state index in [2.05, 4.69) is 5.32 Å². The van der Waals surface area contributed by atoms with Crippen molar-refractivity contribution < 1.29 is 14.9 Å². The van der Waals surface area contributed by atoms with Crippen LogP contribution in [0, 0.1) is 0 Å². The molecule has 4 heteroatoms. The molecular formula is C6H11NO3. The Labute approximate surface area is 58.8 Å². The van der Waals surface area contributed by atoms with E-state index in [1.54, 1.807) is 0 Å². The van der Waals surface area contributed by atoms with E-state index in [-0.39, 0.29) is 12.1 Å². The third kappa shape index (κ3) is 0.769. The second kappa shape index (κ2) is 2.17. The molecule has 0 unspecified atom stereocenters. The van der Waals surface area contributed by atoms with Gasteiger partial charge in [0.05, 0.1) is 24.9 Å². The number of morpholine rings is 1. The Morgan fingerprint density at radius 3 is 2.40 bits per heavy atom. The summed E-state index contributed by atoms with van der Waals surface area (Å²) in [6, 6.07) is -0.0694. The highest BCUT2D eigenvalue weighted by molar-refractivity contribution is 4.97. The summed E-state index contributed by atoms with van der Waals surface area (Å²) in [5.41, 5.74) is 0. The number of rotatable bonds is 0. The SMILES string of the molecule is O[C@H]1[C@H](O)[C@H]2CN[C@@H]1CO2. The summed E-state index contributed by atoms with van der Waals surface area (Å²) in [5.74, 6) is 0. The molecule has 0 aromatic rings. The lowest BCUT2D eigenvalue weighted by Gasteiger charge is -2.44. The molecule has 58 valence electrons. The first-order valence-electron chi connectivity index (χ1n) is 3.50. The Morgan fingerprint density at radius 2 is 2.10 bits per heavy atom. The third-order valence-corrected chi connectivity index (χ3v) is 2.21. The first-order chi connectivity index (χ1) is 4.79. The van der Waals surface area contributed by atoms with Crippen molar-refractivity contribution in [3.05, 3.63) is 0 Å². The van der Waals surface area contributed by atoms with Crippen LogP contribution in [-0.4, -0.2) is 47.7 Å². The number of piperidine rings is 1. The summed E-state index contributed by atoms with van der Waals surface area (Å²) in [4.78, 5) is 0. The molecule has 3 saturated heterocycles. The zero-order chi connectivity index (χ0) is 7.14. The molecule has 4 atom stereocenters. The zero-order valence-electron chi connectivity index (χ0n) is 5.53. The number of fused-ring (bicyclic) bond motifs is 3. The minimum absolute atomic E-state index is 0.0694. The van der Waals surface area contributed by atoms with Crippen LogP contribution < -0.4 is 5.32 Å². The fourth-order valence-electron chi connectivity index (χ4n) is 1.51. The van der Waals surface area contributed by atoms with E-state index in [0.29, 0.717) is 13.2 Å². The molecule has 3 fully saturated rings. The van der Waals surface area contributed by atoms with E-state index >= 15 is 0 Å². The predicted molar refractivity (Wildman–Crippen MR) is 33.5 cm³/mol. The molecule has 3 rings (SSSR count). The van der Waals surface area contributed by atoms with Gasteiger partial charge in [0.25, 0.3) is 0 Å². The van der Waals surface area contributed by atoms with Gasteiger partial charge in [-0.15, -0.1) is 0 Å². The fraction of sp³-hybridized carbons (Fsp3) is 1.00. The van der Waals surface area contributed by atoms with Gasteiger partial charge < -0.3 is 20.3 Å². The van der Waals surface area contributed by atoms with Crippen LogP contribution in [0.1, 0.15) is 0 Å². The normalized spacial score (nSPS) is 53.4. The number of aliphatic hydroxyl groups excluding tert-OH is 2. The largest absolute Gasteiger partial charge is 0.389 e. The topological polar surface area (TPSA) is 61.7 Å². The smallest absolute Gasteiger partial charge is 0.109 e. The summed E-state index contributed by atoms with van der Waals surface area (Å²) < 4.78 is 5.19. The standard InChI is InChI=1S/C6H11NO3/c8-5-3-2-10-4(1-7-3)6(5)9/h3-9H,1-2H2/t3-,4-,5-,6-/m1/s1. The second-order valence-corrected chi connectivity index (χ2v) is 2.87. The molecule has 3 aliphatic rings. The summed E-state index contributed by atoms with van der Waals surface area (Å²) in [5, 5.41) is 21.6. The maximum atomic E-state index is 9.28. The van der Waals surface area contributed by atoms with Gasteiger partial charge in [-0.05, 0) is 0 Å². The minimum atomic E-state index is -0.694. The molecule has 0 saturated carbocycles. The summed E-state index contributed by atoms with van der Waals surface area (Å²) in [6.07, 6.45) is -1.55. The highest BCUT2D eigenvalue weighted by Crippen LogP contribution is 2.19. The van der Waals surface area contributed by atoms with Gasteiger partial charge in [0.2, 0.25) is 0 Å². The zero-order valence-corrected chi connectivity index (χ0v) is 5.53. The first-order valence-corrected chi connectivity index (χ1v) is 3.50. The van der Waals surface area contributed by atoms with E-state index in [1.165, 1.54) is 0 Å².